The molecule has 1 aliphatic heterocycles. The van der Waals surface area contributed by atoms with Gasteiger partial charge in [-0.05, 0) is 31.0 Å². The molecule has 0 aliphatic carbocycles. The largest absolute Gasteiger partial charge is 0.433 e. The van der Waals surface area contributed by atoms with Crippen LogP contribution in [-0.2, 0) is 11.0 Å². The molecule has 7 nitrogen and oxygen atoms in total. The third-order valence-electron chi connectivity index (χ3n) is 5.35. The Balaban J connectivity index is 1.78. The molecule has 1 aliphatic rings. The number of aryl methyl sites for hydroxylation is 1. The van der Waals surface area contributed by atoms with E-state index in [1.807, 2.05) is 31.2 Å². The number of rotatable bonds is 4. The zero-order chi connectivity index (χ0) is 23.6. The number of carbonyl (C=O) groups is 2. The number of likely N-dealkylation sites (N-methyl/N-ethyl adjacent to an activating group) is 1. The number of amides is 3. The maximum absolute atomic E-state index is 12.8. The van der Waals surface area contributed by atoms with Crippen molar-refractivity contribution in [2.24, 2.45) is 5.10 Å². The molecule has 2 atom stereocenters. The molecule has 2 heterocycles. The molecule has 3 amide bonds. The standard InChI is InChI=1S/C22H24F3N5O2/c1-13-5-7-16(8-6-13)20-18(29(4)15(3)31)12-30(28-20)21(32)27-14(2)17-9-10-19(26-11-17)22(23,24)25/h5-11,14,18H,12H2,1-4H3,(H,27,32)/t14-,18-/m1/s1. The van der Waals surface area contributed by atoms with E-state index in [1.54, 1.807) is 14.0 Å². The van der Waals surface area contributed by atoms with Crippen molar-refractivity contribution in [2.45, 2.75) is 39.0 Å². The van der Waals surface area contributed by atoms with Crippen LogP contribution in [0, 0.1) is 6.92 Å². The summed E-state index contributed by atoms with van der Waals surface area (Å²) < 4.78 is 38.1. The molecule has 0 unspecified atom stereocenters. The van der Waals surface area contributed by atoms with Crippen molar-refractivity contribution in [3.05, 3.63) is 65.0 Å². The Hall–Kier alpha value is -3.43. The molecule has 32 heavy (non-hydrogen) atoms. The van der Waals surface area contributed by atoms with Gasteiger partial charge in [0, 0.05) is 20.2 Å². The highest BCUT2D eigenvalue weighted by Gasteiger charge is 2.35. The highest BCUT2D eigenvalue weighted by Crippen LogP contribution is 2.28. The van der Waals surface area contributed by atoms with E-state index in [4.69, 9.17) is 0 Å². The van der Waals surface area contributed by atoms with E-state index in [2.05, 4.69) is 15.4 Å². The number of nitrogens with one attached hydrogen (secondary N) is 1. The third kappa shape index (κ3) is 5.06. The maximum Gasteiger partial charge on any atom is 0.433 e. The molecule has 0 radical (unpaired) electrons. The topological polar surface area (TPSA) is 77.9 Å². The van der Waals surface area contributed by atoms with Gasteiger partial charge in [0.25, 0.3) is 0 Å². The van der Waals surface area contributed by atoms with Gasteiger partial charge in [-0.3, -0.25) is 9.78 Å². The zero-order valence-corrected chi connectivity index (χ0v) is 18.1. The molecule has 0 saturated carbocycles. The van der Waals surface area contributed by atoms with Gasteiger partial charge >= 0.3 is 12.2 Å². The van der Waals surface area contributed by atoms with Crippen molar-refractivity contribution in [3.63, 3.8) is 0 Å². The third-order valence-corrected chi connectivity index (χ3v) is 5.35. The minimum atomic E-state index is -4.53. The van der Waals surface area contributed by atoms with Crippen molar-refractivity contribution < 1.29 is 22.8 Å². The number of halogens is 3. The van der Waals surface area contributed by atoms with E-state index in [0.717, 1.165) is 23.4 Å². The summed E-state index contributed by atoms with van der Waals surface area (Å²) in [6.07, 6.45) is -3.44. The first kappa shape index (κ1) is 23.2. The Morgan fingerprint density at radius 2 is 1.84 bits per heavy atom. The van der Waals surface area contributed by atoms with Gasteiger partial charge in [-0.1, -0.05) is 35.9 Å². The summed E-state index contributed by atoms with van der Waals surface area (Å²) in [4.78, 5) is 29.7. The summed E-state index contributed by atoms with van der Waals surface area (Å²) in [5.74, 6) is -0.165. The SMILES string of the molecule is CC(=O)N(C)[C@@H]1CN(C(=O)N[C@H](C)c2ccc(C(F)(F)F)nc2)N=C1c1ccc(C)cc1. The van der Waals surface area contributed by atoms with Gasteiger partial charge < -0.3 is 10.2 Å². The van der Waals surface area contributed by atoms with Crippen LogP contribution in [0.25, 0.3) is 0 Å². The van der Waals surface area contributed by atoms with E-state index in [-0.39, 0.29) is 12.5 Å². The maximum atomic E-state index is 12.8. The van der Waals surface area contributed by atoms with Gasteiger partial charge in [0.15, 0.2) is 0 Å². The van der Waals surface area contributed by atoms with Crippen LogP contribution in [0.4, 0.5) is 18.0 Å². The molecule has 1 aromatic carbocycles. The van der Waals surface area contributed by atoms with Crippen LogP contribution in [-0.4, -0.2) is 52.2 Å². The molecule has 2 aromatic rings. The zero-order valence-electron chi connectivity index (χ0n) is 18.1. The molecule has 10 heteroatoms. The Morgan fingerprint density at radius 3 is 2.38 bits per heavy atom. The van der Waals surface area contributed by atoms with Crippen molar-refractivity contribution in [2.75, 3.05) is 13.6 Å². The fraction of sp³-hybridized carbons (Fsp3) is 0.364. The molecule has 0 spiro atoms. The fourth-order valence-electron chi connectivity index (χ4n) is 3.29. The summed E-state index contributed by atoms with van der Waals surface area (Å²) in [6.45, 7) is 5.19. The van der Waals surface area contributed by atoms with Crippen molar-refractivity contribution in [1.82, 2.24) is 20.2 Å². The summed E-state index contributed by atoms with van der Waals surface area (Å²) >= 11 is 0. The van der Waals surface area contributed by atoms with Crippen LogP contribution in [0.15, 0.2) is 47.7 Å². The Morgan fingerprint density at radius 1 is 1.19 bits per heavy atom. The minimum Gasteiger partial charge on any atom is -0.335 e. The molecule has 3 rings (SSSR count). The van der Waals surface area contributed by atoms with Crippen LogP contribution in [0.1, 0.15) is 42.3 Å². The molecule has 0 saturated heterocycles. The van der Waals surface area contributed by atoms with Gasteiger partial charge in [0.05, 0.1) is 24.3 Å². The van der Waals surface area contributed by atoms with E-state index in [9.17, 15) is 22.8 Å². The first-order chi connectivity index (χ1) is 15.0. The molecular weight excluding hydrogens is 423 g/mol. The summed E-state index contributed by atoms with van der Waals surface area (Å²) in [5.41, 5.74) is 1.87. The number of benzene rings is 1. The fourth-order valence-corrected chi connectivity index (χ4v) is 3.29. The predicted molar refractivity (Wildman–Crippen MR) is 113 cm³/mol. The lowest BCUT2D eigenvalue weighted by Gasteiger charge is -2.25. The van der Waals surface area contributed by atoms with Crippen LogP contribution in [0.3, 0.4) is 0 Å². The second-order valence-electron chi connectivity index (χ2n) is 7.72. The first-order valence-electron chi connectivity index (χ1n) is 9.97. The first-order valence-corrected chi connectivity index (χ1v) is 9.97. The number of urea groups is 1. The minimum absolute atomic E-state index is 0.156. The monoisotopic (exact) mass is 447 g/mol. The number of hydrazone groups is 1. The van der Waals surface area contributed by atoms with Crippen LogP contribution >= 0.6 is 0 Å². The number of carbonyl (C=O) groups excluding carboxylic acids is 2. The Kier molecular flexibility index (Phi) is 6.52. The van der Waals surface area contributed by atoms with E-state index >= 15 is 0 Å². The van der Waals surface area contributed by atoms with Crippen molar-refractivity contribution in [1.29, 1.82) is 0 Å². The average Bonchev–Trinajstić information content (AvgIpc) is 3.18. The van der Waals surface area contributed by atoms with Gasteiger partial charge in [-0.2, -0.15) is 18.3 Å². The second kappa shape index (κ2) is 8.97. The summed E-state index contributed by atoms with van der Waals surface area (Å²) in [5, 5.41) is 8.40. The summed E-state index contributed by atoms with van der Waals surface area (Å²) in [6, 6.07) is 8.21. The Labute approximate surface area is 183 Å². The van der Waals surface area contributed by atoms with E-state index in [1.165, 1.54) is 22.9 Å². The second-order valence-corrected chi connectivity index (χ2v) is 7.72. The van der Waals surface area contributed by atoms with E-state index < -0.39 is 30.0 Å². The van der Waals surface area contributed by atoms with Crippen molar-refractivity contribution in [3.8, 4) is 0 Å². The van der Waals surface area contributed by atoms with Crippen LogP contribution in [0.5, 0.6) is 0 Å². The van der Waals surface area contributed by atoms with Gasteiger partial charge in [0.1, 0.15) is 5.69 Å². The lowest BCUT2D eigenvalue weighted by molar-refractivity contribution is -0.141. The predicted octanol–water partition coefficient (Wildman–Crippen LogP) is 3.75. The number of nitrogens with zero attached hydrogens (tertiary/aromatic N) is 4. The summed E-state index contributed by atoms with van der Waals surface area (Å²) in [7, 11) is 1.65. The number of alkyl halides is 3. The van der Waals surface area contributed by atoms with Gasteiger partial charge in [-0.15, -0.1) is 0 Å². The van der Waals surface area contributed by atoms with E-state index in [0.29, 0.717) is 11.3 Å². The molecule has 1 N–H and O–H groups in total. The lowest BCUT2D eigenvalue weighted by atomic mass is 10.0. The highest BCUT2D eigenvalue weighted by atomic mass is 19.4. The Bertz CT molecular complexity index is 1020. The molecule has 1 aromatic heterocycles. The molecule has 0 fully saturated rings. The average molecular weight is 447 g/mol. The van der Waals surface area contributed by atoms with Crippen LogP contribution < -0.4 is 5.32 Å². The highest BCUT2D eigenvalue weighted by molar-refractivity contribution is 6.07. The molecule has 170 valence electrons. The number of pyridine rings is 1. The van der Waals surface area contributed by atoms with Crippen LogP contribution in [0.2, 0.25) is 0 Å². The van der Waals surface area contributed by atoms with Gasteiger partial charge in [0.2, 0.25) is 5.91 Å². The smallest absolute Gasteiger partial charge is 0.335 e. The number of hydrogen-bond acceptors (Lipinski definition) is 4. The van der Waals surface area contributed by atoms with Crippen molar-refractivity contribution >= 4 is 17.6 Å². The number of aromatic nitrogens is 1. The van der Waals surface area contributed by atoms with Gasteiger partial charge in [-0.25, -0.2) is 9.80 Å². The number of hydrogen-bond donors (Lipinski definition) is 1. The lowest BCUT2D eigenvalue weighted by Crippen LogP contribution is -2.45. The molecular formula is C22H24F3N5O2. The quantitative estimate of drug-likeness (QED) is 0.776. The normalized spacial score (nSPS) is 17.0. The molecule has 0 bridgehead atoms.